The third kappa shape index (κ3) is 5.82. The predicted octanol–water partition coefficient (Wildman–Crippen LogP) is 3.32. The van der Waals surface area contributed by atoms with Crippen molar-refractivity contribution < 1.29 is 27.6 Å². The normalized spacial score (nSPS) is 16.4. The fraction of sp³-hybridized carbons (Fsp3) is 0.308. The summed E-state index contributed by atoms with van der Waals surface area (Å²) in [6.07, 6.45) is -1.92. The molecule has 1 aliphatic heterocycles. The number of rotatable bonds is 6. The Kier molecular flexibility index (Phi) is 7.33. The molecule has 1 aromatic heterocycles. The summed E-state index contributed by atoms with van der Waals surface area (Å²) < 4.78 is 38.9. The van der Waals surface area contributed by atoms with Crippen LogP contribution in [0.4, 0.5) is 19.0 Å². The molecule has 11 heteroatoms. The van der Waals surface area contributed by atoms with Crippen LogP contribution in [0.15, 0.2) is 54.7 Å². The minimum absolute atomic E-state index is 0.198. The van der Waals surface area contributed by atoms with Gasteiger partial charge in [-0.1, -0.05) is 24.3 Å². The van der Waals surface area contributed by atoms with Gasteiger partial charge in [0.05, 0.1) is 5.56 Å². The van der Waals surface area contributed by atoms with Crippen LogP contribution >= 0.6 is 0 Å². The Balaban J connectivity index is 1.48. The number of halogens is 3. The smallest absolute Gasteiger partial charge is 0.383 e. The van der Waals surface area contributed by atoms with E-state index in [0.717, 1.165) is 40.6 Å². The minimum atomic E-state index is -4.53. The second kappa shape index (κ2) is 10.5. The highest BCUT2D eigenvalue weighted by molar-refractivity contribution is 5.93. The first-order valence-corrected chi connectivity index (χ1v) is 11.7. The molecule has 3 amide bonds. The molecule has 37 heavy (non-hydrogen) atoms. The van der Waals surface area contributed by atoms with Gasteiger partial charge in [-0.15, -0.1) is 0 Å². The number of likely N-dealkylation sites (tertiary alicyclic amines) is 1. The van der Waals surface area contributed by atoms with E-state index in [1.807, 2.05) is 24.3 Å². The Hall–Kier alpha value is -4.15. The second-order valence-electron chi connectivity index (χ2n) is 8.91. The van der Waals surface area contributed by atoms with E-state index in [9.17, 15) is 27.6 Å². The lowest BCUT2D eigenvalue weighted by Gasteiger charge is -2.29. The van der Waals surface area contributed by atoms with Crippen LogP contribution in [0.5, 0.6) is 0 Å². The highest BCUT2D eigenvalue weighted by Gasteiger charge is 2.38. The molecule has 2 aromatic carbocycles. The van der Waals surface area contributed by atoms with Gasteiger partial charge in [0.15, 0.2) is 0 Å². The Bertz CT molecular complexity index is 1330. The third-order valence-electron chi connectivity index (χ3n) is 6.33. The number of nitrogens with two attached hydrogens (primary N) is 1. The Morgan fingerprint density at radius 2 is 1.86 bits per heavy atom. The number of amides is 3. The number of hydrogen-bond acceptors (Lipinski definition) is 5. The minimum Gasteiger partial charge on any atom is -0.383 e. The van der Waals surface area contributed by atoms with Crippen molar-refractivity contribution in [2.75, 3.05) is 12.3 Å². The second-order valence-corrected chi connectivity index (χ2v) is 8.91. The van der Waals surface area contributed by atoms with E-state index in [2.05, 4.69) is 15.6 Å². The number of hydrogen-bond donors (Lipinski definition) is 3. The van der Waals surface area contributed by atoms with Gasteiger partial charge < -0.3 is 21.3 Å². The van der Waals surface area contributed by atoms with Gasteiger partial charge >= 0.3 is 6.18 Å². The highest BCUT2D eigenvalue weighted by Crippen LogP contribution is 2.31. The van der Waals surface area contributed by atoms with E-state index in [4.69, 9.17) is 5.73 Å². The quantitative estimate of drug-likeness (QED) is 0.468. The number of fused-ring (bicyclic) bond motifs is 1. The average Bonchev–Trinajstić information content (AvgIpc) is 3.35. The zero-order valence-electron chi connectivity index (χ0n) is 20.0. The van der Waals surface area contributed by atoms with E-state index in [0.29, 0.717) is 18.7 Å². The molecule has 4 N–H and O–H groups in total. The van der Waals surface area contributed by atoms with Gasteiger partial charge in [0.2, 0.25) is 17.7 Å². The van der Waals surface area contributed by atoms with Crippen LogP contribution in [-0.2, 0) is 27.1 Å². The van der Waals surface area contributed by atoms with Crippen molar-refractivity contribution in [1.82, 2.24) is 20.5 Å². The lowest BCUT2D eigenvalue weighted by Crippen LogP contribution is -2.49. The van der Waals surface area contributed by atoms with Crippen molar-refractivity contribution in [1.29, 1.82) is 0 Å². The van der Waals surface area contributed by atoms with E-state index in [-0.39, 0.29) is 24.6 Å². The Labute approximate surface area is 211 Å². The number of nitrogens with zero attached hydrogens (tertiary/aromatic N) is 2. The number of alkyl halides is 3. The molecule has 1 saturated heterocycles. The first-order valence-electron chi connectivity index (χ1n) is 11.7. The number of benzene rings is 2. The number of carbonyl (C=O) groups is 3. The van der Waals surface area contributed by atoms with Gasteiger partial charge in [-0.05, 0) is 53.6 Å². The van der Waals surface area contributed by atoms with Gasteiger partial charge in [-0.2, -0.15) is 13.2 Å². The largest absolute Gasteiger partial charge is 0.416 e. The van der Waals surface area contributed by atoms with Gasteiger partial charge in [0.1, 0.15) is 17.9 Å². The van der Waals surface area contributed by atoms with Gasteiger partial charge in [0, 0.05) is 31.6 Å². The maximum atomic E-state index is 13.4. The Morgan fingerprint density at radius 3 is 2.54 bits per heavy atom. The monoisotopic (exact) mass is 513 g/mol. The summed E-state index contributed by atoms with van der Waals surface area (Å²) in [6, 6.07) is 9.43. The van der Waals surface area contributed by atoms with Crippen molar-refractivity contribution in [2.24, 2.45) is 0 Å². The highest BCUT2D eigenvalue weighted by atomic mass is 19.4. The lowest BCUT2D eigenvalue weighted by atomic mass is 10.0. The molecular weight excluding hydrogens is 487 g/mol. The molecule has 2 heterocycles. The van der Waals surface area contributed by atoms with E-state index < -0.39 is 35.6 Å². The molecule has 0 saturated carbocycles. The lowest BCUT2D eigenvalue weighted by molar-refractivity contribution is -0.141. The van der Waals surface area contributed by atoms with Gasteiger partial charge in [-0.25, -0.2) is 4.98 Å². The topological polar surface area (TPSA) is 117 Å². The molecular formula is C26H26F3N5O3. The van der Waals surface area contributed by atoms with Gasteiger partial charge in [0.25, 0.3) is 0 Å². The maximum absolute atomic E-state index is 13.4. The van der Waals surface area contributed by atoms with Crippen molar-refractivity contribution in [3.8, 4) is 0 Å². The molecule has 1 fully saturated rings. The van der Waals surface area contributed by atoms with Crippen LogP contribution in [0, 0.1) is 0 Å². The molecule has 194 valence electrons. The maximum Gasteiger partial charge on any atom is 0.416 e. The standard InChI is InChI=1S/C26H26F3N5O3/c1-15(35)33-22(17-5-7-19(8-6-17)26(27,28)29)25(37)34-12-2-3-21(34)24(36)32-14-16-4-9-20-18(13-16)10-11-31-23(20)30/h4-11,13,21-22H,2-3,12,14H2,1H3,(H2,30,31)(H,32,36)(H,33,35). The molecule has 0 bridgehead atoms. The van der Waals surface area contributed by atoms with Crippen LogP contribution in [0.3, 0.4) is 0 Å². The van der Waals surface area contributed by atoms with E-state index >= 15 is 0 Å². The van der Waals surface area contributed by atoms with Crippen LogP contribution in [0.2, 0.25) is 0 Å². The molecule has 1 aliphatic rings. The number of aromatic nitrogens is 1. The van der Waals surface area contributed by atoms with Crippen LogP contribution in [0.1, 0.15) is 42.5 Å². The third-order valence-corrected chi connectivity index (χ3v) is 6.33. The molecule has 2 unspecified atom stereocenters. The SMILES string of the molecule is CC(=O)NC(C(=O)N1CCCC1C(=O)NCc1ccc2c(N)nccc2c1)c1ccc(C(F)(F)F)cc1. The zero-order valence-corrected chi connectivity index (χ0v) is 20.0. The van der Waals surface area contributed by atoms with Crippen molar-refractivity contribution >= 4 is 34.3 Å². The number of nitrogens with one attached hydrogen (secondary N) is 2. The zero-order chi connectivity index (χ0) is 26.7. The average molecular weight is 514 g/mol. The molecule has 8 nitrogen and oxygen atoms in total. The van der Waals surface area contributed by atoms with E-state index in [1.165, 1.54) is 11.8 Å². The van der Waals surface area contributed by atoms with E-state index in [1.54, 1.807) is 6.20 Å². The van der Waals surface area contributed by atoms with Crippen LogP contribution in [-0.4, -0.2) is 40.2 Å². The number of carbonyl (C=O) groups excluding carboxylic acids is 3. The molecule has 0 aliphatic carbocycles. The summed E-state index contributed by atoms with van der Waals surface area (Å²) >= 11 is 0. The van der Waals surface area contributed by atoms with Gasteiger partial charge in [-0.3, -0.25) is 14.4 Å². The predicted molar refractivity (Wildman–Crippen MR) is 131 cm³/mol. The molecule has 4 rings (SSSR count). The first kappa shape index (κ1) is 25.9. The van der Waals surface area contributed by atoms with Crippen molar-refractivity contribution in [3.05, 3.63) is 71.4 Å². The van der Waals surface area contributed by atoms with Crippen LogP contribution in [0.25, 0.3) is 10.8 Å². The summed E-state index contributed by atoms with van der Waals surface area (Å²) in [7, 11) is 0. The van der Waals surface area contributed by atoms with Crippen LogP contribution < -0.4 is 16.4 Å². The summed E-state index contributed by atoms with van der Waals surface area (Å²) in [6.45, 7) is 1.73. The molecule has 0 radical (unpaired) electrons. The fourth-order valence-corrected chi connectivity index (χ4v) is 4.49. The number of anilines is 1. The number of nitrogen functional groups attached to an aromatic ring is 1. The molecule has 2 atom stereocenters. The summed E-state index contributed by atoms with van der Waals surface area (Å²) in [5.74, 6) is -1.02. The fourth-order valence-electron chi connectivity index (χ4n) is 4.49. The summed E-state index contributed by atoms with van der Waals surface area (Å²) in [4.78, 5) is 43.7. The summed E-state index contributed by atoms with van der Waals surface area (Å²) in [5, 5.41) is 7.05. The summed E-state index contributed by atoms with van der Waals surface area (Å²) in [5.41, 5.74) is 6.05. The Morgan fingerprint density at radius 1 is 1.14 bits per heavy atom. The molecule has 3 aromatic rings. The van der Waals surface area contributed by atoms with Crippen molar-refractivity contribution in [3.63, 3.8) is 0 Å². The molecule has 0 spiro atoms. The van der Waals surface area contributed by atoms with Crippen molar-refractivity contribution in [2.45, 2.75) is 44.6 Å². The number of pyridine rings is 1. The first-order chi connectivity index (χ1) is 17.5.